The third kappa shape index (κ3) is 4.25. The van der Waals surface area contributed by atoms with E-state index in [0.717, 1.165) is 18.2 Å². The molecule has 0 aromatic heterocycles. The van der Waals surface area contributed by atoms with Crippen molar-refractivity contribution in [3.8, 4) is 11.8 Å². The van der Waals surface area contributed by atoms with E-state index in [-0.39, 0.29) is 6.61 Å². The fraction of sp³-hybridized carbons (Fsp3) is 0.562. The fourth-order valence-electron chi connectivity index (χ4n) is 2.72. The van der Waals surface area contributed by atoms with Gasteiger partial charge in [-0.25, -0.2) is 0 Å². The summed E-state index contributed by atoms with van der Waals surface area (Å²) >= 11 is 0. The summed E-state index contributed by atoms with van der Waals surface area (Å²) in [7, 11) is 0. The molecule has 3 heteroatoms. The number of hydrogen-bond donors (Lipinski definition) is 1. The van der Waals surface area contributed by atoms with Crippen molar-refractivity contribution in [2.45, 2.75) is 45.2 Å². The summed E-state index contributed by atoms with van der Waals surface area (Å²) in [5.41, 5.74) is 1.26. The predicted octanol–water partition coefficient (Wildman–Crippen LogP) is 3.26. The van der Waals surface area contributed by atoms with Crippen LogP contribution in [-0.2, 0) is 6.54 Å². The Hall–Kier alpha value is -1.53. The lowest BCUT2D eigenvalue weighted by Gasteiger charge is -2.20. The lowest BCUT2D eigenvalue weighted by molar-refractivity contribution is 0.367. The van der Waals surface area contributed by atoms with E-state index < -0.39 is 0 Å². The number of benzene rings is 1. The molecule has 1 atom stereocenters. The van der Waals surface area contributed by atoms with Gasteiger partial charge in [-0.05, 0) is 43.4 Å². The Morgan fingerprint density at radius 1 is 1.32 bits per heavy atom. The second kappa shape index (κ2) is 7.16. The molecule has 1 aliphatic rings. The highest BCUT2D eigenvalue weighted by molar-refractivity contribution is 5.27. The fourth-order valence-corrected chi connectivity index (χ4v) is 2.72. The first-order valence-electron chi connectivity index (χ1n) is 7.11. The van der Waals surface area contributed by atoms with Gasteiger partial charge in [0.25, 0.3) is 0 Å². The highest BCUT2D eigenvalue weighted by atomic mass is 16.5. The van der Waals surface area contributed by atoms with Crippen LogP contribution in [0.4, 0.5) is 0 Å². The summed E-state index contributed by atoms with van der Waals surface area (Å²) in [6, 6.07) is 10.5. The first-order chi connectivity index (χ1) is 9.29. The van der Waals surface area contributed by atoms with Crippen LogP contribution in [0.5, 0.6) is 5.75 Å². The number of ether oxygens (including phenoxy) is 1. The molecule has 0 radical (unpaired) electrons. The van der Waals surface area contributed by atoms with Gasteiger partial charge >= 0.3 is 0 Å². The van der Waals surface area contributed by atoms with Crippen LogP contribution in [0.3, 0.4) is 0 Å². The first kappa shape index (κ1) is 13.9. The average molecular weight is 258 g/mol. The van der Waals surface area contributed by atoms with Crippen molar-refractivity contribution >= 4 is 0 Å². The summed E-state index contributed by atoms with van der Waals surface area (Å²) in [6.07, 6.45) is 5.52. The Morgan fingerprint density at radius 2 is 2.00 bits per heavy atom. The van der Waals surface area contributed by atoms with E-state index in [1.165, 1.54) is 31.2 Å². The van der Waals surface area contributed by atoms with Gasteiger partial charge in [-0.3, -0.25) is 0 Å². The topological polar surface area (TPSA) is 45.0 Å². The molecule has 0 saturated heterocycles. The van der Waals surface area contributed by atoms with E-state index >= 15 is 0 Å². The van der Waals surface area contributed by atoms with Crippen molar-refractivity contribution in [3.63, 3.8) is 0 Å². The van der Waals surface area contributed by atoms with Gasteiger partial charge in [0.05, 0.1) is 0 Å². The van der Waals surface area contributed by atoms with Crippen LogP contribution in [0.1, 0.15) is 38.2 Å². The van der Waals surface area contributed by atoms with Gasteiger partial charge in [0.1, 0.15) is 11.8 Å². The Labute approximate surface area is 115 Å². The minimum Gasteiger partial charge on any atom is -0.479 e. The second-order valence-electron chi connectivity index (χ2n) is 5.30. The third-order valence-corrected chi connectivity index (χ3v) is 3.96. The van der Waals surface area contributed by atoms with Gasteiger partial charge in [-0.2, -0.15) is 5.26 Å². The van der Waals surface area contributed by atoms with Crippen molar-refractivity contribution in [2.75, 3.05) is 6.61 Å². The minimum absolute atomic E-state index is 0.107. The number of nitriles is 1. The van der Waals surface area contributed by atoms with Gasteiger partial charge in [0.2, 0.25) is 0 Å². The summed E-state index contributed by atoms with van der Waals surface area (Å²) in [5.74, 6) is 1.60. The molecule has 0 spiro atoms. The lowest BCUT2D eigenvalue weighted by Crippen LogP contribution is -2.31. The maximum absolute atomic E-state index is 8.45. The van der Waals surface area contributed by atoms with Crippen molar-refractivity contribution in [1.29, 1.82) is 5.26 Å². The number of rotatable bonds is 6. The molecule has 102 valence electrons. The number of nitrogens with zero attached hydrogens (tertiary/aromatic N) is 1. The van der Waals surface area contributed by atoms with Crippen LogP contribution in [0.25, 0.3) is 0 Å². The van der Waals surface area contributed by atoms with Gasteiger partial charge in [-0.15, -0.1) is 0 Å². The highest BCUT2D eigenvalue weighted by Gasteiger charge is 2.20. The van der Waals surface area contributed by atoms with Gasteiger partial charge in [0.15, 0.2) is 6.61 Å². The zero-order chi connectivity index (χ0) is 13.5. The van der Waals surface area contributed by atoms with Gasteiger partial charge in [-0.1, -0.05) is 25.0 Å². The summed E-state index contributed by atoms with van der Waals surface area (Å²) in [4.78, 5) is 0. The van der Waals surface area contributed by atoms with Crippen LogP contribution < -0.4 is 10.1 Å². The summed E-state index contributed by atoms with van der Waals surface area (Å²) in [6.45, 7) is 3.30. The van der Waals surface area contributed by atoms with Crippen molar-refractivity contribution in [3.05, 3.63) is 29.8 Å². The summed E-state index contributed by atoms with van der Waals surface area (Å²) in [5, 5.41) is 12.1. The van der Waals surface area contributed by atoms with Crippen LogP contribution in [0.2, 0.25) is 0 Å². The normalized spacial score (nSPS) is 17.1. The number of nitrogens with one attached hydrogen (secondary N) is 1. The molecule has 1 aliphatic carbocycles. The Morgan fingerprint density at radius 3 is 2.63 bits per heavy atom. The molecule has 2 rings (SSSR count). The van der Waals surface area contributed by atoms with E-state index in [2.05, 4.69) is 24.4 Å². The largest absolute Gasteiger partial charge is 0.479 e. The van der Waals surface area contributed by atoms with E-state index in [1.807, 2.05) is 18.2 Å². The number of hydrogen-bond acceptors (Lipinski definition) is 3. The molecule has 1 saturated carbocycles. The molecule has 0 bridgehead atoms. The van der Waals surface area contributed by atoms with E-state index in [1.54, 1.807) is 0 Å². The van der Waals surface area contributed by atoms with Crippen molar-refractivity contribution < 1.29 is 4.74 Å². The quantitative estimate of drug-likeness (QED) is 0.852. The Balaban J connectivity index is 1.77. The predicted molar refractivity (Wildman–Crippen MR) is 75.8 cm³/mol. The van der Waals surface area contributed by atoms with E-state index in [9.17, 15) is 0 Å². The van der Waals surface area contributed by atoms with Crippen LogP contribution in [0, 0.1) is 17.2 Å². The van der Waals surface area contributed by atoms with Crippen LogP contribution >= 0.6 is 0 Å². The minimum atomic E-state index is 0.107. The molecular weight excluding hydrogens is 236 g/mol. The maximum atomic E-state index is 8.45. The van der Waals surface area contributed by atoms with Crippen LogP contribution in [0.15, 0.2) is 24.3 Å². The smallest absolute Gasteiger partial charge is 0.174 e. The Bertz CT molecular complexity index is 415. The molecule has 1 aromatic rings. The molecule has 0 aliphatic heterocycles. The summed E-state index contributed by atoms with van der Waals surface area (Å²) < 4.78 is 5.24. The molecule has 3 nitrogen and oxygen atoms in total. The van der Waals surface area contributed by atoms with E-state index in [4.69, 9.17) is 10.00 Å². The van der Waals surface area contributed by atoms with Gasteiger partial charge in [0, 0.05) is 12.6 Å². The molecular formula is C16H22N2O. The maximum Gasteiger partial charge on any atom is 0.174 e. The molecule has 1 aromatic carbocycles. The molecule has 1 fully saturated rings. The van der Waals surface area contributed by atoms with Crippen molar-refractivity contribution in [2.24, 2.45) is 5.92 Å². The molecule has 0 heterocycles. The van der Waals surface area contributed by atoms with Crippen LogP contribution in [-0.4, -0.2) is 12.6 Å². The highest BCUT2D eigenvalue weighted by Crippen LogP contribution is 2.27. The SMILES string of the molecule is CC(NCc1ccc(OCC#N)cc1)C1CCCC1. The van der Waals surface area contributed by atoms with Crippen molar-refractivity contribution in [1.82, 2.24) is 5.32 Å². The first-order valence-corrected chi connectivity index (χ1v) is 7.11. The Kier molecular flexibility index (Phi) is 5.23. The van der Waals surface area contributed by atoms with Gasteiger partial charge < -0.3 is 10.1 Å². The molecule has 1 N–H and O–H groups in total. The molecule has 0 amide bonds. The molecule has 1 unspecified atom stereocenters. The zero-order valence-corrected chi connectivity index (χ0v) is 11.6. The van der Waals surface area contributed by atoms with E-state index in [0.29, 0.717) is 6.04 Å². The monoisotopic (exact) mass is 258 g/mol. The zero-order valence-electron chi connectivity index (χ0n) is 11.6. The lowest BCUT2D eigenvalue weighted by atomic mass is 9.99. The second-order valence-corrected chi connectivity index (χ2v) is 5.30. The third-order valence-electron chi connectivity index (χ3n) is 3.96. The average Bonchev–Trinajstić information content (AvgIpc) is 2.98. The standard InChI is InChI=1S/C16H22N2O/c1-13(15-4-2-3-5-15)18-12-14-6-8-16(9-7-14)19-11-10-17/h6-9,13,15,18H,2-5,11-12H2,1H3. The molecule has 19 heavy (non-hydrogen) atoms.